The molecule has 0 amide bonds. The number of nitrogens with zero attached hydrogens (tertiary/aromatic N) is 2. The van der Waals surface area contributed by atoms with E-state index in [2.05, 4.69) is 9.80 Å². The Morgan fingerprint density at radius 3 is 2.38 bits per heavy atom. The van der Waals surface area contributed by atoms with Crippen molar-refractivity contribution < 1.29 is 17.2 Å². The lowest BCUT2D eigenvalue weighted by Gasteiger charge is -2.26. The molecule has 4 atom stereocenters. The van der Waals surface area contributed by atoms with Crippen molar-refractivity contribution in [2.24, 2.45) is 0 Å². The van der Waals surface area contributed by atoms with E-state index in [0.29, 0.717) is 29.1 Å². The first-order valence-electron chi connectivity index (χ1n) is 9.79. The fourth-order valence-electron chi connectivity index (χ4n) is 4.83. The lowest BCUT2D eigenvalue weighted by atomic mass is 9.94. The molecular formula is C22H26F2N2O2S. The fraction of sp³-hybridized carbons (Fsp3) is 0.455. The molecule has 156 valence electrons. The van der Waals surface area contributed by atoms with Crippen LogP contribution in [0.15, 0.2) is 47.4 Å². The van der Waals surface area contributed by atoms with E-state index in [0.717, 1.165) is 5.56 Å². The summed E-state index contributed by atoms with van der Waals surface area (Å²) < 4.78 is 52.6. The maximum atomic E-state index is 14.6. The van der Waals surface area contributed by atoms with Gasteiger partial charge in [0.05, 0.1) is 4.90 Å². The summed E-state index contributed by atoms with van der Waals surface area (Å²) in [6, 6.07) is 11.6. The summed E-state index contributed by atoms with van der Waals surface area (Å²) in [7, 11) is 0.769. The van der Waals surface area contributed by atoms with Gasteiger partial charge in [0.25, 0.3) is 0 Å². The molecule has 1 aliphatic heterocycles. The summed E-state index contributed by atoms with van der Waals surface area (Å²) >= 11 is 0. The van der Waals surface area contributed by atoms with Crippen molar-refractivity contribution in [1.82, 2.24) is 9.80 Å². The van der Waals surface area contributed by atoms with Gasteiger partial charge in [0.15, 0.2) is 9.84 Å². The average Bonchev–Trinajstić information content (AvgIpc) is 3.24. The van der Waals surface area contributed by atoms with Crippen molar-refractivity contribution in [1.29, 1.82) is 0 Å². The Morgan fingerprint density at radius 2 is 1.76 bits per heavy atom. The lowest BCUT2D eigenvalue weighted by molar-refractivity contribution is 0.188. The van der Waals surface area contributed by atoms with Crippen LogP contribution in [0.25, 0.3) is 0 Å². The predicted molar refractivity (Wildman–Crippen MR) is 109 cm³/mol. The summed E-state index contributed by atoms with van der Waals surface area (Å²) in [4.78, 5) is 4.62. The zero-order valence-electron chi connectivity index (χ0n) is 16.8. The number of benzene rings is 2. The molecule has 0 aromatic heterocycles. The van der Waals surface area contributed by atoms with Crippen LogP contribution >= 0.6 is 0 Å². The molecule has 0 bridgehead atoms. The first kappa shape index (κ1) is 20.4. The number of likely N-dealkylation sites (tertiary alicyclic amines) is 1. The molecule has 29 heavy (non-hydrogen) atoms. The first-order chi connectivity index (χ1) is 13.7. The van der Waals surface area contributed by atoms with Gasteiger partial charge >= 0.3 is 0 Å². The van der Waals surface area contributed by atoms with Crippen molar-refractivity contribution in [3.05, 3.63) is 65.0 Å². The van der Waals surface area contributed by atoms with Crippen LogP contribution in [0, 0.1) is 5.82 Å². The van der Waals surface area contributed by atoms with E-state index in [-0.39, 0.29) is 30.2 Å². The van der Waals surface area contributed by atoms with E-state index >= 15 is 0 Å². The van der Waals surface area contributed by atoms with Crippen molar-refractivity contribution in [2.45, 2.75) is 35.5 Å². The molecule has 1 fully saturated rings. The highest BCUT2D eigenvalue weighted by Gasteiger charge is 2.43. The summed E-state index contributed by atoms with van der Waals surface area (Å²) in [6.07, 6.45) is 0.328. The normalized spacial score (nSPS) is 27.5. The summed E-state index contributed by atoms with van der Waals surface area (Å²) in [5.41, 5.74) is 2.00. The molecule has 2 aromatic rings. The number of sulfone groups is 1. The molecule has 0 N–H and O–H groups in total. The second-order valence-corrected chi connectivity index (χ2v) is 10.4. The number of fused-ring (bicyclic) bond motifs is 1. The second-order valence-electron chi connectivity index (χ2n) is 8.39. The molecule has 1 aliphatic carbocycles. The van der Waals surface area contributed by atoms with Crippen LogP contribution in [0.2, 0.25) is 0 Å². The maximum Gasteiger partial charge on any atom is 0.175 e. The highest BCUT2D eigenvalue weighted by Crippen LogP contribution is 2.48. The van der Waals surface area contributed by atoms with E-state index in [9.17, 15) is 17.2 Å². The lowest BCUT2D eigenvalue weighted by Crippen LogP contribution is -2.35. The fourth-order valence-corrected chi connectivity index (χ4v) is 5.47. The Bertz CT molecular complexity index is 1010. The predicted octanol–water partition coefficient (Wildman–Crippen LogP) is 3.71. The van der Waals surface area contributed by atoms with Crippen molar-refractivity contribution >= 4 is 9.84 Å². The zero-order valence-corrected chi connectivity index (χ0v) is 17.7. The minimum absolute atomic E-state index is 0.132. The number of hydrogen-bond donors (Lipinski definition) is 0. The average molecular weight is 421 g/mol. The van der Waals surface area contributed by atoms with Gasteiger partial charge in [0.1, 0.15) is 12.0 Å². The van der Waals surface area contributed by atoms with Gasteiger partial charge < -0.3 is 4.90 Å². The summed E-state index contributed by atoms with van der Waals surface area (Å²) in [5.74, 6) is -0.206. The van der Waals surface area contributed by atoms with Crippen molar-refractivity contribution in [3.63, 3.8) is 0 Å². The van der Waals surface area contributed by atoms with Crippen LogP contribution in [0.5, 0.6) is 0 Å². The van der Waals surface area contributed by atoms with E-state index in [1.54, 1.807) is 24.3 Å². The Kier molecular flexibility index (Phi) is 5.25. The number of halogens is 2. The summed E-state index contributed by atoms with van der Waals surface area (Å²) in [5, 5.41) is 0. The summed E-state index contributed by atoms with van der Waals surface area (Å²) in [6.45, 7) is 1.38. The highest BCUT2D eigenvalue weighted by molar-refractivity contribution is 7.90. The number of rotatable bonds is 4. The molecule has 2 aliphatic rings. The minimum atomic E-state index is -3.25. The molecule has 4 rings (SSSR count). The van der Waals surface area contributed by atoms with Crippen LogP contribution < -0.4 is 0 Å². The molecule has 2 aromatic carbocycles. The van der Waals surface area contributed by atoms with Gasteiger partial charge in [0.2, 0.25) is 0 Å². The van der Waals surface area contributed by atoms with E-state index in [1.165, 1.54) is 12.3 Å². The molecular weight excluding hydrogens is 394 g/mol. The van der Waals surface area contributed by atoms with E-state index < -0.39 is 16.0 Å². The molecule has 7 heteroatoms. The highest BCUT2D eigenvalue weighted by atomic mass is 32.2. The topological polar surface area (TPSA) is 40.6 Å². The van der Waals surface area contributed by atoms with Crippen molar-refractivity contribution in [3.8, 4) is 0 Å². The van der Waals surface area contributed by atoms with Crippen LogP contribution in [0.1, 0.15) is 41.2 Å². The Hall–Kier alpha value is -1.83. The smallest absolute Gasteiger partial charge is 0.175 e. The molecule has 0 spiro atoms. The van der Waals surface area contributed by atoms with Gasteiger partial charge in [-0.15, -0.1) is 0 Å². The molecule has 1 saturated heterocycles. The SMILES string of the molecule is CN(C)[C@H]1CN(C2C[C@H](F)c3cccc(F)c32)C[C@@H]1c1ccc(S(C)(=O)=O)cc1. The Labute approximate surface area is 171 Å². The van der Waals surface area contributed by atoms with Crippen LogP contribution in [0.3, 0.4) is 0 Å². The minimum Gasteiger partial charge on any atom is -0.305 e. The van der Waals surface area contributed by atoms with Gasteiger partial charge in [-0.05, 0) is 43.4 Å². The third-order valence-corrected chi connectivity index (χ3v) is 7.47. The Balaban J connectivity index is 1.64. The van der Waals surface area contributed by atoms with Gasteiger partial charge in [-0.3, -0.25) is 4.90 Å². The molecule has 1 unspecified atom stereocenters. The van der Waals surface area contributed by atoms with Crippen LogP contribution in [0.4, 0.5) is 8.78 Å². The van der Waals surface area contributed by atoms with E-state index in [1.807, 2.05) is 26.2 Å². The van der Waals surface area contributed by atoms with Crippen LogP contribution in [-0.4, -0.2) is 57.7 Å². The van der Waals surface area contributed by atoms with Crippen molar-refractivity contribution in [2.75, 3.05) is 33.4 Å². The monoisotopic (exact) mass is 420 g/mol. The zero-order chi connectivity index (χ0) is 20.9. The largest absolute Gasteiger partial charge is 0.305 e. The van der Waals surface area contributed by atoms with E-state index in [4.69, 9.17) is 0 Å². The van der Waals surface area contributed by atoms with Gasteiger partial charge in [-0.2, -0.15) is 0 Å². The second kappa shape index (κ2) is 7.45. The maximum absolute atomic E-state index is 14.6. The van der Waals surface area contributed by atoms with Gasteiger partial charge in [-0.1, -0.05) is 24.3 Å². The number of hydrogen-bond acceptors (Lipinski definition) is 4. The number of alkyl halides is 1. The van der Waals surface area contributed by atoms with Crippen LogP contribution in [-0.2, 0) is 9.84 Å². The third kappa shape index (κ3) is 3.71. The van der Waals surface area contributed by atoms with Gasteiger partial charge in [0, 0.05) is 49.3 Å². The first-order valence-corrected chi connectivity index (χ1v) is 11.7. The third-order valence-electron chi connectivity index (χ3n) is 6.35. The molecule has 0 radical (unpaired) electrons. The van der Waals surface area contributed by atoms with Gasteiger partial charge in [-0.25, -0.2) is 17.2 Å². The molecule has 0 saturated carbocycles. The quantitative estimate of drug-likeness (QED) is 0.756. The molecule has 4 nitrogen and oxygen atoms in total. The standard InChI is InChI=1S/C22H26F2N2O2S/c1-25(2)21-13-26(20-11-19(24)16-5-4-6-18(23)22(16)20)12-17(21)14-7-9-15(10-8-14)29(3,27)28/h4-10,17,19-21H,11-13H2,1-3H3/t17-,19+,20?,21+/m1/s1. The molecule has 1 heterocycles. The Morgan fingerprint density at radius 1 is 1.07 bits per heavy atom. The number of likely N-dealkylation sites (N-methyl/N-ethyl adjacent to an activating group) is 1.